The highest BCUT2D eigenvalue weighted by atomic mass is 16.6. The number of hydrogen-bond acceptors (Lipinski definition) is 6. The lowest BCUT2D eigenvalue weighted by Gasteiger charge is -2.18. The lowest BCUT2D eigenvalue weighted by atomic mass is 10.1. The van der Waals surface area contributed by atoms with Crippen LogP contribution in [0, 0.1) is 5.41 Å². The predicted octanol–water partition coefficient (Wildman–Crippen LogP) is 2.85. The molecule has 0 radical (unpaired) electrons. The van der Waals surface area contributed by atoms with Gasteiger partial charge in [0.2, 0.25) is 0 Å². The van der Waals surface area contributed by atoms with Gasteiger partial charge in [-0.1, -0.05) is 18.2 Å². The van der Waals surface area contributed by atoms with Crippen molar-refractivity contribution < 1.29 is 23.9 Å². The molecule has 0 aliphatic carbocycles. The Bertz CT molecular complexity index is 991. The molecule has 0 saturated carbocycles. The first kappa shape index (κ1) is 25.2. The van der Waals surface area contributed by atoms with Crippen LogP contribution in [0.25, 0.3) is 0 Å². The Labute approximate surface area is 192 Å². The van der Waals surface area contributed by atoms with E-state index in [0.717, 1.165) is 5.56 Å². The van der Waals surface area contributed by atoms with E-state index in [4.69, 9.17) is 20.6 Å². The molecule has 0 bridgehead atoms. The van der Waals surface area contributed by atoms with Gasteiger partial charge in [-0.05, 0) is 56.7 Å². The van der Waals surface area contributed by atoms with E-state index >= 15 is 0 Å². The van der Waals surface area contributed by atoms with Gasteiger partial charge < -0.3 is 31.2 Å². The quantitative estimate of drug-likeness (QED) is 0.221. The second-order valence-electron chi connectivity index (χ2n) is 7.38. The minimum Gasteiger partial charge on any atom is -0.464 e. The Hall–Kier alpha value is -4.08. The Morgan fingerprint density at radius 2 is 1.73 bits per heavy atom. The first-order valence-corrected chi connectivity index (χ1v) is 10.4. The molecule has 0 spiro atoms. The third-order valence-electron chi connectivity index (χ3n) is 4.26. The van der Waals surface area contributed by atoms with Crippen molar-refractivity contribution in [3.05, 3.63) is 59.7 Å². The molecule has 0 aromatic heterocycles. The van der Waals surface area contributed by atoms with E-state index in [-0.39, 0.29) is 31.0 Å². The molecule has 0 saturated heterocycles. The highest BCUT2D eigenvalue weighted by molar-refractivity contribution is 6.05. The van der Waals surface area contributed by atoms with Gasteiger partial charge in [0.1, 0.15) is 6.04 Å². The van der Waals surface area contributed by atoms with Crippen molar-refractivity contribution in [3.63, 3.8) is 0 Å². The topological polar surface area (TPSA) is 156 Å². The molecule has 33 heavy (non-hydrogen) atoms. The fraction of sp³-hybridized carbons (Fsp3) is 0.304. The third-order valence-corrected chi connectivity index (χ3v) is 4.26. The van der Waals surface area contributed by atoms with Crippen molar-refractivity contribution in [2.24, 2.45) is 5.73 Å². The van der Waals surface area contributed by atoms with Gasteiger partial charge in [0.25, 0.3) is 5.91 Å². The first-order chi connectivity index (χ1) is 15.7. The number of nitrogens with one attached hydrogen (secondary N) is 4. The molecule has 0 aliphatic rings. The van der Waals surface area contributed by atoms with Gasteiger partial charge in [0.15, 0.2) is 5.96 Å². The number of alkyl carbamates (subject to hydrolysis) is 1. The van der Waals surface area contributed by atoms with Crippen molar-refractivity contribution in [1.82, 2.24) is 5.32 Å². The number of rotatable bonds is 9. The summed E-state index contributed by atoms with van der Waals surface area (Å²) in [5, 5.41) is 15.2. The van der Waals surface area contributed by atoms with E-state index in [1.54, 1.807) is 69.3 Å². The molecule has 2 aromatic rings. The van der Waals surface area contributed by atoms with E-state index in [2.05, 4.69) is 16.0 Å². The molecule has 2 aromatic carbocycles. The van der Waals surface area contributed by atoms with E-state index < -0.39 is 18.1 Å². The van der Waals surface area contributed by atoms with Crippen LogP contribution in [0.5, 0.6) is 0 Å². The second-order valence-corrected chi connectivity index (χ2v) is 7.38. The molecule has 2 rings (SSSR count). The summed E-state index contributed by atoms with van der Waals surface area (Å²) >= 11 is 0. The van der Waals surface area contributed by atoms with Crippen molar-refractivity contribution >= 4 is 35.3 Å². The summed E-state index contributed by atoms with van der Waals surface area (Å²) in [5.74, 6) is -1.12. The Balaban J connectivity index is 2.05. The van der Waals surface area contributed by atoms with Gasteiger partial charge in [-0.25, -0.2) is 9.59 Å². The number of ether oxygens (including phenoxy) is 2. The largest absolute Gasteiger partial charge is 0.464 e. The molecule has 0 heterocycles. The van der Waals surface area contributed by atoms with Crippen LogP contribution in [0.2, 0.25) is 0 Å². The second kappa shape index (κ2) is 12.1. The molecule has 0 fully saturated rings. The number of carbonyl (C=O) groups excluding carboxylic acids is 3. The van der Waals surface area contributed by atoms with Gasteiger partial charge in [-0.15, -0.1) is 0 Å². The average molecular weight is 456 g/mol. The number of esters is 1. The number of carbonyl (C=O) groups is 3. The van der Waals surface area contributed by atoms with Gasteiger partial charge in [0.05, 0.1) is 12.7 Å². The van der Waals surface area contributed by atoms with Gasteiger partial charge >= 0.3 is 12.1 Å². The average Bonchev–Trinajstić information content (AvgIpc) is 2.74. The lowest BCUT2D eigenvalue weighted by Crippen LogP contribution is -2.44. The maximum atomic E-state index is 12.5. The number of hydrogen-bond donors (Lipinski definition) is 5. The summed E-state index contributed by atoms with van der Waals surface area (Å²) in [6.07, 6.45) is -0.831. The van der Waals surface area contributed by atoms with Crippen LogP contribution in [-0.2, 0) is 20.7 Å². The third kappa shape index (κ3) is 8.52. The van der Waals surface area contributed by atoms with Gasteiger partial charge in [0, 0.05) is 23.4 Å². The minimum atomic E-state index is -0.909. The molecule has 0 unspecified atom stereocenters. The van der Waals surface area contributed by atoms with Crippen molar-refractivity contribution in [2.75, 3.05) is 17.2 Å². The van der Waals surface area contributed by atoms with E-state index in [9.17, 15) is 14.4 Å². The van der Waals surface area contributed by atoms with Crippen LogP contribution in [0.15, 0.2) is 48.5 Å². The van der Waals surface area contributed by atoms with Gasteiger partial charge in [-0.2, -0.15) is 0 Å². The van der Waals surface area contributed by atoms with Crippen LogP contribution in [0.4, 0.5) is 16.2 Å². The first-order valence-electron chi connectivity index (χ1n) is 10.4. The minimum absolute atomic E-state index is 0.185. The number of amides is 2. The molecule has 10 nitrogen and oxygen atoms in total. The van der Waals surface area contributed by atoms with Crippen LogP contribution in [0.1, 0.15) is 36.7 Å². The number of guanidine groups is 1. The molecule has 2 amide bonds. The summed E-state index contributed by atoms with van der Waals surface area (Å²) in [4.78, 5) is 36.7. The standard InChI is InChI=1S/C23H29N5O5/c1-4-32-21(30)19(28-23(31)33-14(2)3)12-15-8-10-17(11-9-15)26-20(29)16-6-5-7-18(13-16)27-22(24)25/h5-11,13-14,19H,4,12H2,1-3H3,(H,26,29)(H,28,31)(H4,24,25,27)/t19-/m0/s1. The molecule has 10 heteroatoms. The van der Waals surface area contributed by atoms with Crippen molar-refractivity contribution in [2.45, 2.75) is 39.3 Å². The summed E-state index contributed by atoms with van der Waals surface area (Å²) in [6.45, 7) is 5.29. The Morgan fingerprint density at radius 3 is 2.33 bits per heavy atom. The Morgan fingerprint density at radius 1 is 1.03 bits per heavy atom. The summed E-state index contributed by atoms with van der Waals surface area (Å²) in [7, 11) is 0. The molecular weight excluding hydrogens is 426 g/mol. The predicted molar refractivity (Wildman–Crippen MR) is 125 cm³/mol. The number of anilines is 2. The zero-order valence-corrected chi connectivity index (χ0v) is 18.8. The highest BCUT2D eigenvalue weighted by Crippen LogP contribution is 2.15. The zero-order chi connectivity index (χ0) is 24.4. The monoisotopic (exact) mass is 455 g/mol. The van der Waals surface area contributed by atoms with Crippen LogP contribution in [-0.4, -0.2) is 42.7 Å². The zero-order valence-electron chi connectivity index (χ0n) is 18.8. The molecule has 0 aliphatic heterocycles. The molecule has 176 valence electrons. The summed E-state index contributed by atoms with van der Waals surface area (Å²) in [5.41, 5.74) is 7.54. The summed E-state index contributed by atoms with van der Waals surface area (Å²) < 4.78 is 10.1. The van der Waals surface area contributed by atoms with Crippen LogP contribution >= 0.6 is 0 Å². The van der Waals surface area contributed by atoms with E-state index in [1.807, 2.05) is 0 Å². The summed E-state index contributed by atoms with van der Waals surface area (Å²) in [6, 6.07) is 12.6. The van der Waals surface area contributed by atoms with E-state index in [1.165, 1.54) is 0 Å². The Kier molecular flexibility index (Phi) is 9.22. The highest BCUT2D eigenvalue weighted by Gasteiger charge is 2.23. The van der Waals surface area contributed by atoms with Crippen LogP contribution < -0.4 is 21.7 Å². The van der Waals surface area contributed by atoms with Crippen molar-refractivity contribution in [1.29, 1.82) is 5.41 Å². The smallest absolute Gasteiger partial charge is 0.408 e. The molecular formula is C23H29N5O5. The lowest BCUT2D eigenvalue weighted by molar-refractivity contribution is -0.145. The fourth-order valence-corrected chi connectivity index (χ4v) is 2.88. The molecule has 1 atom stereocenters. The molecule has 6 N–H and O–H groups in total. The maximum absolute atomic E-state index is 12.5. The maximum Gasteiger partial charge on any atom is 0.408 e. The fourth-order valence-electron chi connectivity index (χ4n) is 2.88. The van der Waals surface area contributed by atoms with E-state index in [0.29, 0.717) is 16.9 Å². The number of nitrogens with two attached hydrogens (primary N) is 1. The van der Waals surface area contributed by atoms with Crippen molar-refractivity contribution in [3.8, 4) is 0 Å². The van der Waals surface area contributed by atoms with Crippen LogP contribution in [0.3, 0.4) is 0 Å². The normalized spacial score (nSPS) is 11.3. The number of benzene rings is 2. The SMILES string of the molecule is CCOC(=O)[C@H](Cc1ccc(NC(=O)c2cccc(NC(=N)N)c2)cc1)NC(=O)OC(C)C. The van der Waals surface area contributed by atoms with Gasteiger partial charge in [-0.3, -0.25) is 10.2 Å².